The van der Waals surface area contributed by atoms with Crippen molar-refractivity contribution < 1.29 is 4.79 Å². The van der Waals surface area contributed by atoms with Crippen molar-refractivity contribution in [2.24, 2.45) is 0 Å². The van der Waals surface area contributed by atoms with Crippen molar-refractivity contribution in [3.8, 4) is 11.1 Å². The van der Waals surface area contributed by atoms with Crippen LogP contribution in [0.15, 0.2) is 78.9 Å². The summed E-state index contributed by atoms with van der Waals surface area (Å²) >= 11 is 6.34. The van der Waals surface area contributed by atoms with Gasteiger partial charge in [-0.05, 0) is 30.7 Å². The van der Waals surface area contributed by atoms with Crippen molar-refractivity contribution >= 4 is 28.9 Å². The number of piperazine rings is 1. The average Bonchev–Trinajstić information content (AvgIpc) is 2.80. The minimum absolute atomic E-state index is 0.0181. The van der Waals surface area contributed by atoms with Crippen LogP contribution in [0.2, 0.25) is 5.02 Å². The maximum absolute atomic E-state index is 13.0. The van der Waals surface area contributed by atoms with Gasteiger partial charge < -0.3 is 10.2 Å². The molecular formula is C25H26ClN3O. The van der Waals surface area contributed by atoms with E-state index in [0.717, 1.165) is 53.7 Å². The number of hydrogen-bond acceptors (Lipinski definition) is 3. The van der Waals surface area contributed by atoms with Gasteiger partial charge in [-0.15, -0.1) is 0 Å². The highest BCUT2D eigenvalue weighted by atomic mass is 35.5. The topological polar surface area (TPSA) is 35.6 Å². The Morgan fingerprint density at radius 3 is 2.23 bits per heavy atom. The zero-order valence-electron chi connectivity index (χ0n) is 17.1. The highest BCUT2D eigenvalue weighted by molar-refractivity contribution is 6.33. The molecule has 1 aliphatic rings. The van der Waals surface area contributed by atoms with Gasteiger partial charge in [0.05, 0.1) is 16.8 Å². The van der Waals surface area contributed by atoms with E-state index in [4.69, 9.17) is 11.6 Å². The van der Waals surface area contributed by atoms with E-state index >= 15 is 0 Å². The molecule has 0 aliphatic carbocycles. The predicted octanol–water partition coefficient (Wildman–Crippen LogP) is 5.16. The molecule has 0 bridgehead atoms. The number of benzene rings is 3. The molecule has 5 heteroatoms. The van der Waals surface area contributed by atoms with Gasteiger partial charge in [-0.3, -0.25) is 9.69 Å². The maximum atomic E-state index is 13.0. The Kier molecular flexibility index (Phi) is 6.36. The molecule has 1 N–H and O–H groups in total. The normalized spacial score (nSPS) is 15.6. The Hall–Kier alpha value is -2.82. The summed E-state index contributed by atoms with van der Waals surface area (Å²) in [7, 11) is 0. The standard InChI is InChI=1S/C25H26ClN3O/c1-19(28-15-17-29(18-16-28)24-14-8-6-12-22(24)26)25(30)27-23-13-7-5-11-21(23)20-9-3-2-4-10-20/h2-14,19H,15-18H2,1H3,(H,27,30). The molecule has 4 rings (SSSR count). The number of hydrogen-bond donors (Lipinski definition) is 1. The van der Waals surface area contributed by atoms with Crippen LogP contribution in [0.3, 0.4) is 0 Å². The molecule has 0 radical (unpaired) electrons. The van der Waals surface area contributed by atoms with Gasteiger partial charge in [-0.2, -0.15) is 0 Å². The van der Waals surface area contributed by atoms with Crippen molar-refractivity contribution in [2.75, 3.05) is 36.4 Å². The number of para-hydroxylation sites is 2. The zero-order chi connectivity index (χ0) is 20.9. The molecule has 4 nitrogen and oxygen atoms in total. The highest BCUT2D eigenvalue weighted by Crippen LogP contribution is 2.29. The van der Waals surface area contributed by atoms with E-state index < -0.39 is 0 Å². The van der Waals surface area contributed by atoms with Crippen molar-refractivity contribution in [2.45, 2.75) is 13.0 Å². The van der Waals surface area contributed by atoms with Crippen LogP contribution in [0.5, 0.6) is 0 Å². The lowest BCUT2D eigenvalue weighted by molar-refractivity contribution is -0.120. The molecule has 3 aromatic carbocycles. The average molecular weight is 420 g/mol. The van der Waals surface area contributed by atoms with Gasteiger partial charge in [0.1, 0.15) is 0 Å². The summed E-state index contributed by atoms with van der Waals surface area (Å²) in [4.78, 5) is 17.5. The molecule has 30 heavy (non-hydrogen) atoms. The quantitative estimate of drug-likeness (QED) is 0.620. The van der Waals surface area contributed by atoms with E-state index in [9.17, 15) is 4.79 Å². The van der Waals surface area contributed by atoms with Crippen LogP contribution in [0.25, 0.3) is 11.1 Å². The van der Waals surface area contributed by atoms with E-state index in [0.29, 0.717) is 0 Å². The molecule has 1 aliphatic heterocycles. The van der Waals surface area contributed by atoms with Gasteiger partial charge in [-0.1, -0.05) is 72.3 Å². The Labute approximate surface area is 183 Å². The molecule has 1 unspecified atom stereocenters. The lowest BCUT2D eigenvalue weighted by Gasteiger charge is -2.38. The van der Waals surface area contributed by atoms with Gasteiger partial charge in [0.25, 0.3) is 0 Å². The summed E-state index contributed by atoms with van der Waals surface area (Å²) in [5.41, 5.74) is 4.03. The van der Waals surface area contributed by atoms with E-state index in [-0.39, 0.29) is 11.9 Å². The Morgan fingerprint density at radius 1 is 0.867 bits per heavy atom. The summed E-state index contributed by atoms with van der Waals surface area (Å²) in [6, 6.07) is 25.8. The fraction of sp³-hybridized carbons (Fsp3) is 0.240. The second-order valence-corrected chi connectivity index (χ2v) is 7.96. The monoisotopic (exact) mass is 419 g/mol. The summed E-state index contributed by atoms with van der Waals surface area (Å²) < 4.78 is 0. The first-order valence-electron chi connectivity index (χ1n) is 10.3. The molecule has 1 heterocycles. The Balaban J connectivity index is 1.40. The van der Waals surface area contributed by atoms with Crippen LogP contribution in [-0.4, -0.2) is 43.0 Å². The molecular weight excluding hydrogens is 394 g/mol. The van der Waals surface area contributed by atoms with Gasteiger partial charge >= 0.3 is 0 Å². The number of halogens is 1. The first-order chi connectivity index (χ1) is 14.6. The lowest BCUT2D eigenvalue weighted by atomic mass is 10.0. The largest absolute Gasteiger partial charge is 0.368 e. The molecule has 1 atom stereocenters. The van der Waals surface area contributed by atoms with Crippen LogP contribution in [-0.2, 0) is 4.79 Å². The third-order valence-electron chi connectivity index (χ3n) is 5.70. The smallest absolute Gasteiger partial charge is 0.241 e. The Morgan fingerprint density at radius 2 is 1.50 bits per heavy atom. The summed E-state index contributed by atoms with van der Waals surface area (Å²) in [5, 5.41) is 3.92. The number of anilines is 2. The number of nitrogens with zero attached hydrogens (tertiary/aromatic N) is 2. The summed E-state index contributed by atoms with van der Waals surface area (Å²) in [6.07, 6.45) is 0. The van der Waals surface area contributed by atoms with Crippen molar-refractivity contribution in [1.29, 1.82) is 0 Å². The van der Waals surface area contributed by atoms with Gasteiger partial charge in [0.2, 0.25) is 5.91 Å². The van der Waals surface area contributed by atoms with Crippen LogP contribution < -0.4 is 10.2 Å². The Bertz CT molecular complexity index is 1000. The van der Waals surface area contributed by atoms with E-state index in [1.54, 1.807) is 0 Å². The molecule has 0 spiro atoms. The number of amides is 1. The second kappa shape index (κ2) is 9.33. The van der Waals surface area contributed by atoms with Crippen molar-refractivity contribution in [3.05, 3.63) is 83.9 Å². The van der Waals surface area contributed by atoms with Crippen LogP contribution >= 0.6 is 11.6 Å². The van der Waals surface area contributed by atoms with Gasteiger partial charge in [-0.25, -0.2) is 0 Å². The predicted molar refractivity (Wildman–Crippen MR) is 125 cm³/mol. The molecule has 0 saturated carbocycles. The summed E-state index contributed by atoms with van der Waals surface area (Å²) in [6.45, 7) is 5.32. The van der Waals surface area contributed by atoms with Crippen LogP contribution in [0, 0.1) is 0 Å². The maximum Gasteiger partial charge on any atom is 0.241 e. The fourth-order valence-corrected chi connectivity index (χ4v) is 4.18. The second-order valence-electron chi connectivity index (χ2n) is 7.55. The fourth-order valence-electron chi connectivity index (χ4n) is 3.92. The van der Waals surface area contributed by atoms with Crippen molar-refractivity contribution in [1.82, 2.24) is 4.90 Å². The van der Waals surface area contributed by atoms with E-state index in [1.165, 1.54) is 0 Å². The number of carbonyl (C=O) groups is 1. The van der Waals surface area contributed by atoms with E-state index in [2.05, 4.69) is 33.3 Å². The molecule has 1 amide bonds. The lowest BCUT2D eigenvalue weighted by Crippen LogP contribution is -2.52. The first-order valence-corrected chi connectivity index (χ1v) is 10.7. The zero-order valence-corrected chi connectivity index (χ0v) is 17.8. The molecule has 154 valence electrons. The number of nitrogens with one attached hydrogen (secondary N) is 1. The highest BCUT2D eigenvalue weighted by Gasteiger charge is 2.26. The first kappa shape index (κ1) is 20.5. The van der Waals surface area contributed by atoms with Gasteiger partial charge in [0.15, 0.2) is 0 Å². The summed E-state index contributed by atoms with van der Waals surface area (Å²) in [5.74, 6) is 0.0181. The van der Waals surface area contributed by atoms with Crippen molar-refractivity contribution in [3.63, 3.8) is 0 Å². The van der Waals surface area contributed by atoms with Crippen LogP contribution in [0.4, 0.5) is 11.4 Å². The van der Waals surface area contributed by atoms with E-state index in [1.807, 2.05) is 67.6 Å². The minimum Gasteiger partial charge on any atom is -0.368 e. The number of carbonyl (C=O) groups excluding carboxylic acids is 1. The van der Waals surface area contributed by atoms with Gasteiger partial charge in [0, 0.05) is 37.4 Å². The third kappa shape index (κ3) is 4.50. The molecule has 3 aromatic rings. The minimum atomic E-state index is -0.206. The SMILES string of the molecule is CC(C(=O)Nc1ccccc1-c1ccccc1)N1CCN(c2ccccc2Cl)CC1. The number of rotatable bonds is 5. The molecule has 0 aromatic heterocycles. The third-order valence-corrected chi connectivity index (χ3v) is 6.02. The molecule has 1 saturated heterocycles. The van der Waals surface area contributed by atoms with Crippen LogP contribution in [0.1, 0.15) is 6.92 Å². The molecule has 1 fully saturated rings.